The number of Topliss-reactive ketones (excluding diaryl/α,β-unsaturated/α-hetero) is 1. The van der Waals surface area contributed by atoms with Gasteiger partial charge in [-0.1, -0.05) is 18.1 Å². The molecule has 0 bridgehead atoms. The number of H-pyrrole nitrogens is 1. The van der Waals surface area contributed by atoms with Gasteiger partial charge in [-0.3, -0.25) is 14.3 Å². The zero-order valence-corrected chi connectivity index (χ0v) is 27.6. The molecule has 0 spiro atoms. The van der Waals surface area contributed by atoms with Gasteiger partial charge >= 0.3 is 6.18 Å². The molecule has 1 saturated carbocycles. The average Bonchev–Trinajstić information content (AvgIpc) is 3.70. The van der Waals surface area contributed by atoms with E-state index in [1.165, 1.54) is 20.0 Å². The molecule has 2 aliphatic carbocycles. The van der Waals surface area contributed by atoms with E-state index in [1.54, 1.807) is 36.4 Å². The van der Waals surface area contributed by atoms with Crippen LogP contribution in [0.3, 0.4) is 0 Å². The number of rotatable bonds is 8. The van der Waals surface area contributed by atoms with Crippen molar-refractivity contribution in [1.82, 2.24) is 19.7 Å². The molecule has 5 aromatic rings. The summed E-state index contributed by atoms with van der Waals surface area (Å²) in [5.74, 6) is -4.17. The van der Waals surface area contributed by atoms with E-state index in [2.05, 4.69) is 21.9 Å². The number of hydrogen-bond acceptors (Lipinski definition) is 5. The van der Waals surface area contributed by atoms with Crippen molar-refractivity contribution in [3.63, 3.8) is 0 Å². The van der Waals surface area contributed by atoms with Crippen LogP contribution in [0.1, 0.15) is 72.4 Å². The Morgan fingerprint density at radius 1 is 1.06 bits per heavy atom. The number of nitrogens with one attached hydrogen (secondary N) is 1. The first-order valence-electron chi connectivity index (χ1n) is 16.3. The Labute approximate surface area is 291 Å². The van der Waals surface area contributed by atoms with Gasteiger partial charge in [-0.05, 0) is 91.4 Å². The lowest BCUT2D eigenvalue weighted by Crippen LogP contribution is -2.24. The molecule has 0 saturated heterocycles. The SMILES string of the molecule is CC(C)(O)C#Cc1ccc(-c2cccc3c(=O)[nH]ccc23)c([C@@H](CC(=O)Cn2nc(C(F)(F)F)c3c2C(F)(F)[C@@H]2C[C@H]32)Cc2cc(F)cc(F)c2)n1. The Morgan fingerprint density at radius 3 is 2.48 bits per heavy atom. The number of alkyl halides is 5. The number of hydrogen-bond donors (Lipinski definition) is 2. The standard InChI is InChI=1S/C38H29F7N4O3/c1-36(2,52)10-8-23-6-7-27(25-4-3-5-28-26(25)9-11-46-35(28)51)32(47-23)20(12-19-13-21(39)16-22(40)14-19)15-24(50)18-49-34-31(33(48-49)38(43,44)45)29-17-30(29)37(34,41)42/h3-7,9,11,13-14,16,20,29-30,52H,12,15,17-18H2,1-2H3,(H,46,51)/t20-,29+,30-/m1/s1. The van der Waals surface area contributed by atoms with Crippen molar-refractivity contribution in [2.45, 2.75) is 69.2 Å². The van der Waals surface area contributed by atoms with E-state index in [-0.39, 0.29) is 35.4 Å². The molecule has 0 aliphatic heterocycles. The maximum atomic E-state index is 15.3. The highest BCUT2D eigenvalue weighted by Gasteiger charge is 2.68. The Bertz CT molecular complexity index is 2360. The van der Waals surface area contributed by atoms with Crippen molar-refractivity contribution in [3.05, 3.63) is 117 Å². The first-order valence-corrected chi connectivity index (χ1v) is 16.3. The highest BCUT2D eigenvalue weighted by atomic mass is 19.4. The van der Waals surface area contributed by atoms with Gasteiger partial charge in [0.1, 0.15) is 35.2 Å². The molecule has 3 atom stereocenters. The number of carbonyl (C=O) groups excluding carboxylic acids is 1. The van der Waals surface area contributed by atoms with Gasteiger partial charge in [0.05, 0.1) is 5.69 Å². The second-order valence-corrected chi connectivity index (χ2v) is 13.8. The molecule has 2 aromatic carbocycles. The van der Waals surface area contributed by atoms with E-state index >= 15 is 8.78 Å². The summed E-state index contributed by atoms with van der Waals surface area (Å²) >= 11 is 0. The molecule has 0 unspecified atom stereocenters. The highest BCUT2D eigenvalue weighted by Crippen LogP contribution is 2.68. The third-order valence-corrected chi connectivity index (χ3v) is 9.32. The van der Waals surface area contributed by atoms with E-state index in [1.807, 2.05) is 0 Å². The van der Waals surface area contributed by atoms with Gasteiger partial charge in [0.25, 0.3) is 11.5 Å². The molecule has 0 radical (unpaired) electrons. The second-order valence-electron chi connectivity index (χ2n) is 13.8. The topological polar surface area (TPSA) is 101 Å². The lowest BCUT2D eigenvalue weighted by molar-refractivity contribution is -0.142. The van der Waals surface area contributed by atoms with Crippen molar-refractivity contribution >= 4 is 16.6 Å². The second kappa shape index (κ2) is 12.4. The molecule has 3 aromatic heterocycles. The molecule has 14 heteroatoms. The molecule has 52 heavy (non-hydrogen) atoms. The summed E-state index contributed by atoms with van der Waals surface area (Å²) in [6.45, 7) is 1.97. The van der Waals surface area contributed by atoms with Crippen LogP contribution >= 0.6 is 0 Å². The number of benzene rings is 2. The third kappa shape index (κ3) is 6.61. The van der Waals surface area contributed by atoms with Crippen LogP contribution in [-0.4, -0.2) is 36.2 Å². The lowest BCUT2D eigenvalue weighted by atomic mass is 9.85. The van der Waals surface area contributed by atoms with Gasteiger partial charge in [0, 0.05) is 47.0 Å². The normalized spacial score (nSPS) is 18.0. The number of ketones is 1. The summed E-state index contributed by atoms with van der Waals surface area (Å²) in [5, 5.41) is 14.5. The first kappa shape index (κ1) is 35.1. The van der Waals surface area contributed by atoms with Crippen LogP contribution in [0.4, 0.5) is 30.7 Å². The summed E-state index contributed by atoms with van der Waals surface area (Å²) in [6, 6.07) is 12.5. The summed E-state index contributed by atoms with van der Waals surface area (Å²) in [5.41, 5.74) is -3.47. The number of halogens is 7. The highest BCUT2D eigenvalue weighted by molar-refractivity contribution is 5.96. The van der Waals surface area contributed by atoms with Crippen molar-refractivity contribution in [1.29, 1.82) is 0 Å². The van der Waals surface area contributed by atoms with E-state index in [4.69, 9.17) is 4.98 Å². The van der Waals surface area contributed by atoms with Gasteiger partial charge in [0.15, 0.2) is 11.5 Å². The van der Waals surface area contributed by atoms with E-state index in [0.717, 1.165) is 12.1 Å². The number of nitrogens with zero attached hydrogens (tertiary/aromatic N) is 3. The van der Waals surface area contributed by atoms with Crippen LogP contribution in [0, 0.1) is 29.4 Å². The third-order valence-electron chi connectivity index (χ3n) is 9.32. The predicted molar refractivity (Wildman–Crippen MR) is 175 cm³/mol. The first-order chi connectivity index (χ1) is 24.4. The van der Waals surface area contributed by atoms with E-state index in [9.17, 15) is 36.6 Å². The molecule has 7 nitrogen and oxygen atoms in total. The van der Waals surface area contributed by atoms with Gasteiger partial charge in [-0.2, -0.15) is 27.1 Å². The monoisotopic (exact) mass is 722 g/mol. The minimum absolute atomic E-state index is 0.108. The van der Waals surface area contributed by atoms with E-state index in [0.29, 0.717) is 32.6 Å². The number of pyridine rings is 2. The predicted octanol–water partition coefficient (Wildman–Crippen LogP) is 7.40. The summed E-state index contributed by atoms with van der Waals surface area (Å²) in [7, 11) is 0. The number of aromatic nitrogens is 4. The van der Waals surface area contributed by atoms with Crippen molar-refractivity contribution in [3.8, 4) is 23.0 Å². The number of carbonyl (C=O) groups is 1. The number of fused-ring (bicyclic) bond motifs is 4. The largest absolute Gasteiger partial charge is 0.435 e. The molecule has 3 heterocycles. The van der Waals surface area contributed by atoms with Crippen molar-refractivity contribution in [2.24, 2.45) is 5.92 Å². The fourth-order valence-corrected chi connectivity index (χ4v) is 7.13. The van der Waals surface area contributed by atoms with Crippen LogP contribution in [0.15, 0.2) is 65.6 Å². The molecular formula is C38H29F7N4O3. The summed E-state index contributed by atoms with van der Waals surface area (Å²) in [4.78, 5) is 33.9. The Kier molecular flexibility index (Phi) is 8.40. The Hall–Kier alpha value is -5.29. The smallest absolute Gasteiger partial charge is 0.378 e. The van der Waals surface area contributed by atoms with Crippen LogP contribution in [0.5, 0.6) is 0 Å². The van der Waals surface area contributed by atoms with Gasteiger partial charge < -0.3 is 10.1 Å². The van der Waals surface area contributed by atoms with Crippen molar-refractivity contribution in [2.75, 3.05) is 0 Å². The van der Waals surface area contributed by atoms with Crippen LogP contribution in [0.25, 0.3) is 21.9 Å². The fraction of sp³-hybridized carbons (Fsp3) is 0.316. The van der Waals surface area contributed by atoms with Crippen LogP contribution in [-0.2, 0) is 29.9 Å². The quantitative estimate of drug-likeness (QED) is 0.129. The lowest BCUT2D eigenvalue weighted by Gasteiger charge is -2.21. The molecule has 268 valence electrons. The molecule has 2 aliphatic rings. The minimum atomic E-state index is -5.03. The maximum Gasteiger partial charge on any atom is 0.435 e. The Balaban J connectivity index is 1.36. The van der Waals surface area contributed by atoms with E-state index < -0.39 is 82.8 Å². The summed E-state index contributed by atoms with van der Waals surface area (Å²) in [6.07, 6.45) is -4.45. The minimum Gasteiger partial charge on any atom is -0.378 e. The van der Waals surface area contributed by atoms with Gasteiger partial charge in [0.2, 0.25) is 0 Å². The number of aliphatic hydroxyl groups is 1. The Morgan fingerprint density at radius 2 is 1.79 bits per heavy atom. The summed E-state index contributed by atoms with van der Waals surface area (Å²) < 4.78 is 102. The molecule has 1 fully saturated rings. The van der Waals surface area contributed by atoms with Gasteiger partial charge in [-0.15, -0.1) is 0 Å². The van der Waals surface area contributed by atoms with Gasteiger partial charge in [-0.25, -0.2) is 13.8 Å². The molecule has 7 rings (SSSR count). The average molecular weight is 723 g/mol. The maximum absolute atomic E-state index is 15.3. The van der Waals surface area contributed by atoms with Crippen LogP contribution < -0.4 is 5.56 Å². The zero-order valence-electron chi connectivity index (χ0n) is 27.6. The molecular weight excluding hydrogens is 693 g/mol. The molecule has 0 amide bonds. The zero-order chi connectivity index (χ0) is 37.3. The van der Waals surface area contributed by atoms with Crippen LogP contribution in [0.2, 0.25) is 0 Å². The number of aromatic amines is 1. The van der Waals surface area contributed by atoms with Crippen molar-refractivity contribution < 1.29 is 40.6 Å². The molecule has 2 N–H and O–H groups in total. The fourth-order valence-electron chi connectivity index (χ4n) is 7.13.